The normalized spacial score (nSPS) is 10.9. The first-order valence-electron chi connectivity index (χ1n) is 4.47. The van der Waals surface area contributed by atoms with Gasteiger partial charge in [-0.2, -0.15) is 4.40 Å². The van der Waals surface area contributed by atoms with Crippen LogP contribution in [0.25, 0.3) is 16.2 Å². The van der Waals surface area contributed by atoms with Crippen LogP contribution in [0.3, 0.4) is 0 Å². The zero-order valence-corrected chi connectivity index (χ0v) is 8.29. The number of hydrogen-bond acceptors (Lipinski definition) is 1. The van der Waals surface area contributed by atoms with Gasteiger partial charge in [0.05, 0.1) is 0 Å². The number of benzene rings is 1. The molecule has 2 nitrogen and oxygen atoms in total. The predicted molar refractivity (Wildman–Crippen MR) is 57.3 cm³/mol. The molecule has 2 aromatic heterocycles. The van der Waals surface area contributed by atoms with E-state index in [0.29, 0.717) is 0 Å². The fourth-order valence-corrected chi connectivity index (χ4v) is 2.32. The second-order valence-corrected chi connectivity index (χ2v) is 4.01. The van der Waals surface area contributed by atoms with Gasteiger partial charge in [-0.1, -0.05) is 41.7 Å². The lowest BCUT2D eigenvalue weighted by Gasteiger charge is -1.91. The Hall–Kier alpha value is -1.61. The summed E-state index contributed by atoms with van der Waals surface area (Å²) in [6.07, 6.45) is 4.12. The summed E-state index contributed by atoms with van der Waals surface area (Å²) in [7, 11) is 0. The summed E-state index contributed by atoms with van der Waals surface area (Å²) in [5.74, 6) is 0. The largest absolute Gasteiger partial charge is 0.343 e. The quantitative estimate of drug-likeness (QED) is 0.584. The first kappa shape index (κ1) is 7.76. The molecule has 0 spiro atoms. The van der Waals surface area contributed by atoms with Crippen molar-refractivity contribution in [1.29, 1.82) is 0 Å². The molecular formula is C11H9N2S+. The Morgan fingerprint density at radius 3 is 2.86 bits per heavy atom. The average Bonchev–Trinajstić information content (AvgIpc) is 2.79. The summed E-state index contributed by atoms with van der Waals surface area (Å²) in [5, 5.41) is 2.08. The Morgan fingerprint density at radius 1 is 1.14 bits per heavy atom. The van der Waals surface area contributed by atoms with E-state index in [-0.39, 0.29) is 0 Å². The van der Waals surface area contributed by atoms with Crippen LogP contribution in [0.5, 0.6) is 0 Å². The van der Waals surface area contributed by atoms with Gasteiger partial charge in [0, 0.05) is 10.9 Å². The maximum Gasteiger partial charge on any atom is 0.343 e. The molecular weight excluding hydrogens is 192 g/mol. The highest BCUT2D eigenvalue weighted by Crippen LogP contribution is 2.16. The number of rotatable bonds is 1. The van der Waals surface area contributed by atoms with Crippen molar-refractivity contribution in [2.24, 2.45) is 0 Å². The van der Waals surface area contributed by atoms with Gasteiger partial charge in [-0.25, -0.2) is 4.98 Å². The monoisotopic (exact) mass is 201 g/mol. The van der Waals surface area contributed by atoms with Gasteiger partial charge in [-0.05, 0) is 0 Å². The molecule has 0 saturated heterocycles. The molecule has 3 aromatic rings. The molecule has 68 valence electrons. The van der Waals surface area contributed by atoms with Crippen molar-refractivity contribution < 1.29 is 4.40 Å². The molecule has 1 N–H and O–H groups in total. The zero-order valence-electron chi connectivity index (χ0n) is 7.47. The van der Waals surface area contributed by atoms with Crippen molar-refractivity contribution in [3.05, 3.63) is 48.1 Å². The Morgan fingerprint density at radius 2 is 2.00 bits per heavy atom. The number of thiazole rings is 1. The third-order valence-corrected chi connectivity index (χ3v) is 3.07. The smallest absolute Gasteiger partial charge is 0.233 e. The molecule has 0 unspecified atom stereocenters. The van der Waals surface area contributed by atoms with Crippen molar-refractivity contribution in [3.8, 4) is 11.3 Å². The molecule has 0 saturated carbocycles. The molecule has 1 aromatic carbocycles. The molecule has 0 amide bonds. The fraction of sp³-hybridized carbons (Fsp3) is 0. The van der Waals surface area contributed by atoms with Crippen LogP contribution in [-0.4, -0.2) is 4.98 Å². The number of aromatic amines is 1. The van der Waals surface area contributed by atoms with E-state index in [4.69, 9.17) is 0 Å². The Balaban J connectivity index is 2.28. The maximum absolute atomic E-state index is 3.25. The number of nitrogens with one attached hydrogen (secondary N) is 1. The third kappa shape index (κ3) is 1.06. The minimum absolute atomic E-state index is 1.17. The van der Waals surface area contributed by atoms with Gasteiger partial charge in [0.25, 0.3) is 0 Å². The van der Waals surface area contributed by atoms with Crippen LogP contribution < -0.4 is 4.40 Å². The summed E-state index contributed by atoms with van der Waals surface area (Å²) in [5.41, 5.74) is 2.45. The van der Waals surface area contributed by atoms with Gasteiger partial charge in [0.1, 0.15) is 12.4 Å². The summed E-state index contributed by atoms with van der Waals surface area (Å²) in [6, 6.07) is 10.4. The molecule has 3 rings (SSSR count). The van der Waals surface area contributed by atoms with Gasteiger partial charge in [-0.3, -0.25) is 0 Å². The number of nitrogens with zero attached hydrogens (tertiary/aromatic N) is 1. The van der Waals surface area contributed by atoms with Crippen LogP contribution in [-0.2, 0) is 0 Å². The van der Waals surface area contributed by atoms with Gasteiger partial charge < -0.3 is 0 Å². The van der Waals surface area contributed by atoms with Crippen LogP contribution >= 0.6 is 11.3 Å². The molecule has 3 heteroatoms. The maximum atomic E-state index is 3.25. The van der Waals surface area contributed by atoms with Crippen LogP contribution in [0.4, 0.5) is 0 Å². The first-order chi connectivity index (χ1) is 6.95. The van der Waals surface area contributed by atoms with Gasteiger partial charge in [0.2, 0.25) is 0 Å². The molecule has 0 radical (unpaired) electrons. The highest BCUT2D eigenvalue weighted by atomic mass is 32.1. The fourth-order valence-electron chi connectivity index (χ4n) is 1.60. The number of H-pyrrole nitrogens is 1. The van der Waals surface area contributed by atoms with Crippen LogP contribution in [0.1, 0.15) is 0 Å². The lowest BCUT2D eigenvalue weighted by Crippen LogP contribution is -2.17. The van der Waals surface area contributed by atoms with Crippen molar-refractivity contribution in [2.75, 3.05) is 0 Å². The van der Waals surface area contributed by atoms with Gasteiger partial charge in [-0.15, -0.1) is 0 Å². The minimum Gasteiger partial charge on any atom is -0.233 e. The number of hydrogen-bond donors (Lipinski definition) is 1. The molecule has 0 aliphatic heterocycles. The standard InChI is InChI=1S/C11H8N2S/c1-2-4-9(5-3-1)10-8-12-11-13(10)6-7-14-11/h1-8H/p+1. The van der Waals surface area contributed by atoms with E-state index in [1.807, 2.05) is 12.3 Å². The van der Waals surface area contributed by atoms with Crippen molar-refractivity contribution in [2.45, 2.75) is 0 Å². The Kier molecular flexibility index (Phi) is 1.64. The summed E-state index contributed by atoms with van der Waals surface area (Å²) >= 11 is 1.71. The highest BCUT2D eigenvalue weighted by Gasteiger charge is 2.12. The van der Waals surface area contributed by atoms with E-state index in [1.54, 1.807) is 11.3 Å². The summed E-state index contributed by atoms with van der Waals surface area (Å²) < 4.78 is 2.17. The molecule has 0 aliphatic rings. The van der Waals surface area contributed by atoms with Gasteiger partial charge in [0.15, 0.2) is 5.69 Å². The van der Waals surface area contributed by atoms with Crippen molar-refractivity contribution in [3.63, 3.8) is 0 Å². The van der Waals surface area contributed by atoms with Crippen molar-refractivity contribution in [1.82, 2.24) is 4.98 Å². The SMILES string of the molecule is c1ccc(-c2c[nH]c3scc[n+]23)cc1. The molecule has 0 atom stereocenters. The molecule has 2 heterocycles. The molecule has 0 fully saturated rings. The summed E-state index contributed by atoms with van der Waals surface area (Å²) in [6.45, 7) is 0. The average molecular weight is 201 g/mol. The number of aromatic nitrogens is 2. The molecule has 0 aliphatic carbocycles. The third-order valence-electron chi connectivity index (χ3n) is 2.27. The van der Waals surface area contributed by atoms with E-state index in [2.05, 4.69) is 45.2 Å². The first-order valence-corrected chi connectivity index (χ1v) is 5.35. The van der Waals surface area contributed by atoms with E-state index in [0.717, 1.165) is 0 Å². The second kappa shape index (κ2) is 2.96. The molecule has 0 bridgehead atoms. The lowest BCUT2D eigenvalue weighted by atomic mass is 10.2. The Labute approximate surface area is 85.5 Å². The zero-order chi connectivity index (χ0) is 9.38. The van der Waals surface area contributed by atoms with E-state index in [9.17, 15) is 0 Å². The second-order valence-electron chi connectivity index (χ2n) is 3.12. The minimum atomic E-state index is 1.17. The van der Waals surface area contributed by atoms with Gasteiger partial charge >= 0.3 is 4.96 Å². The highest BCUT2D eigenvalue weighted by molar-refractivity contribution is 7.14. The lowest BCUT2D eigenvalue weighted by molar-refractivity contribution is -0.493. The van der Waals surface area contributed by atoms with E-state index < -0.39 is 0 Å². The topological polar surface area (TPSA) is 19.9 Å². The molecule has 14 heavy (non-hydrogen) atoms. The number of imidazole rings is 1. The van der Waals surface area contributed by atoms with Crippen LogP contribution in [0.2, 0.25) is 0 Å². The van der Waals surface area contributed by atoms with Crippen LogP contribution in [0.15, 0.2) is 48.1 Å². The number of fused-ring (bicyclic) bond motifs is 1. The van der Waals surface area contributed by atoms with Crippen LogP contribution in [0, 0.1) is 0 Å². The van der Waals surface area contributed by atoms with Crippen molar-refractivity contribution >= 4 is 16.3 Å². The predicted octanol–water partition coefficient (Wildman–Crippen LogP) is 2.48. The van der Waals surface area contributed by atoms with E-state index >= 15 is 0 Å². The summed E-state index contributed by atoms with van der Waals surface area (Å²) in [4.78, 5) is 4.42. The Bertz CT molecular complexity index is 551. The van der Waals surface area contributed by atoms with E-state index in [1.165, 1.54) is 16.2 Å².